The van der Waals surface area contributed by atoms with Crippen LogP contribution in [0.15, 0.2) is 24.0 Å². The van der Waals surface area contributed by atoms with E-state index < -0.39 is 0 Å². The van der Waals surface area contributed by atoms with Crippen LogP contribution >= 0.6 is 0 Å². The molecule has 0 atom stereocenters. The van der Waals surface area contributed by atoms with Gasteiger partial charge in [0.2, 0.25) is 0 Å². The lowest BCUT2D eigenvalue weighted by atomic mass is 10.5. The molecule has 0 radical (unpaired) electrons. The van der Waals surface area contributed by atoms with Crippen LogP contribution < -0.4 is 0 Å². The first-order chi connectivity index (χ1) is 4.88. The van der Waals surface area contributed by atoms with Crippen LogP contribution in [0.25, 0.3) is 6.20 Å². The van der Waals surface area contributed by atoms with E-state index in [0.717, 1.165) is 0 Å². The highest BCUT2D eigenvalue weighted by Gasteiger charge is 1.92. The largest absolute Gasteiger partial charge is 0.411 e. The second kappa shape index (κ2) is 2.82. The average molecular weight is 137 g/mol. The predicted molar refractivity (Wildman–Crippen MR) is 38.0 cm³/mol. The maximum atomic E-state index is 8.15. The molecule has 1 N–H and O–H groups in total. The number of nitrogens with zero attached hydrogens (tertiary/aromatic N) is 3. The van der Waals surface area contributed by atoms with Crippen LogP contribution in [-0.4, -0.2) is 21.2 Å². The minimum absolute atomic E-state index is 0.692. The van der Waals surface area contributed by atoms with E-state index in [1.54, 1.807) is 12.3 Å². The molecule has 0 unspecified atom stereocenters. The third kappa shape index (κ3) is 1.05. The lowest BCUT2D eigenvalue weighted by Crippen LogP contribution is -1.93. The monoisotopic (exact) mass is 137 g/mol. The summed E-state index contributed by atoms with van der Waals surface area (Å²) in [6.45, 7) is 3.50. The zero-order valence-corrected chi connectivity index (χ0v) is 5.31. The van der Waals surface area contributed by atoms with Gasteiger partial charge in [0.15, 0.2) is 0 Å². The fourth-order valence-electron chi connectivity index (χ4n) is 0.638. The van der Waals surface area contributed by atoms with E-state index in [-0.39, 0.29) is 0 Å². The molecule has 1 aromatic rings. The molecule has 0 amide bonds. The zero-order valence-electron chi connectivity index (χ0n) is 5.31. The van der Waals surface area contributed by atoms with Crippen LogP contribution in [0, 0.1) is 0 Å². The molecule has 0 aliphatic heterocycles. The summed E-state index contributed by atoms with van der Waals surface area (Å²) in [6.07, 6.45) is 4.41. The van der Waals surface area contributed by atoms with Gasteiger partial charge in [-0.05, 0) is 6.07 Å². The van der Waals surface area contributed by atoms with Gasteiger partial charge in [-0.2, -0.15) is 5.10 Å². The Balaban J connectivity index is 3.00. The standard InChI is InChI=1S/C6H7N3O/c1-2-9-6(5-8-10)3-4-7-9/h2-5,10H,1H2. The Morgan fingerprint density at radius 3 is 3.20 bits per heavy atom. The van der Waals surface area contributed by atoms with Crippen molar-refractivity contribution in [3.05, 3.63) is 24.5 Å². The van der Waals surface area contributed by atoms with Crippen LogP contribution in [-0.2, 0) is 0 Å². The molecule has 0 saturated carbocycles. The molecule has 1 rings (SSSR count). The smallest absolute Gasteiger partial charge is 0.0919 e. The van der Waals surface area contributed by atoms with E-state index in [4.69, 9.17) is 5.21 Å². The molecule has 4 heteroatoms. The van der Waals surface area contributed by atoms with Crippen LogP contribution in [0.5, 0.6) is 0 Å². The van der Waals surface area contributed by atoms with E-state index >= 15 is 0 Å². The lowest BCUT2D eigenvalue weighted by Gasteiger charge is -1.90. The molecule has 10 heavy (non-hydrogen) atoms. The first kappa shape index (κ1) is 6.54. The molecule has 0 saturated heterocycles. The van der Waals surface area contributed by atoms with Crippen molar-refractivity contribution >= 4 is 12.4 Å². The summed E-state index contributed by atoms with van der Waals surface area (Å²) in [7, 11) is 0. The van der Waals surface area contributed by atoms with Crippen molar-refractivity contribution in [2.45, 2.75) is 0 Å². The van der Waals surface area contributed by atoms with Gasteiger partial charge in [-0.3, -0.25) is 0 Å². The Morgan fingerprint density at radius 1 is 1.80 bits per heavy atom. The SMILES string of the molecule is C=Cn1nccc1C=NO. The van der Waals surface area contributed by atoms with E-state index in [0.29, 0.717) is 5.69 Å². The van der Waals surface area contributed by atoms with Crippen LogP contribution in [0.2, 0.25) is 0 Å². The number of rotatable bonds is 2. The summed E-state index contributed by atoms with van der Waals surface area (Å²) in [5, 5.41) is 14.9. The van der Waals surface area contributed by atoms with Gasteiger partial charge >= 0.3 is 0 Å². The molecule has 0 spiro atoms. The third-order valence-corrected chi connectivity index (χ3v) is 1.06. The maximum absolute atomic E-state index is 8.15. The van der Waals surface area contributed by atoms with E-state index in [1.807, 2.05) is 0 Å². The molecule has 0 bridgehead atoms. The van der Waals surface area contributed by atoms with Gasteiger partial charge in [0.25, 0.3) is 0 Å². The Labute approximate surface area is 58.1 Å². The fourth-order valence-corrected chi connectivity index (χ4v) is 0.638. The normalized spacial score (nSPS) is 10.4. The number of aromatic nitrogens is 2. The first-order valence-corrected chi connectivity index (χ1v) is 2.72. The topological polar surface area (TPSA) is 50.4 Å². The highest BCUT2D eigenvalue weighted by atomic mass is 16.4. The van der Waals surface area contributed by atoms with Gasteiger partial charge in [-0.25, -0.2) is 4.68 Å². The van der Waals surface area contributed by atoms with Crippen LogP contribution in [0.3, 0.4) is 0 Å². The second-order valence-electron chi connectivity index (χ2n) is 1.63. The molecule has 1 aromatic heterocycles. The van der Waals surface area contributed by atoms with Crippen molar-refractivity contribution in [1.29, 1.82) is 0 Å². The summed E-state index contributed by atoms with van der Waals surface area (Å²) in [5.41, 5.74) is 0.692. The van der Waals surface area contributed by atoms with Crippen molar-refractivity contribution in [1.82, 2.24) is 9.78 Å². The van der Waals surface area contributed by atoms with Crippen molar-refractivity contribution < 1.29 is 5.21 Å². The molecule has 0 aromatic carbocycles. The van der Waals surface area contributed by atoms with E-state index in [2.05, 4.69) is 16.8 Å². The van der Waals surface area contributed by atoms with E-state index in [1.165, 1.54) is 17.1 Å². The third-order valence-electron chi connectivity index (χ3n) is 1.06. The Hall–Kier alpha value is -1.58. The maximum Gasteiger partial charge on any atom is 0.0919 e. The minimum Gasteiger partial charge on any atom is -0.411 e. The highest BCUT2D eigenvalue weighted by Crippen LogP contribution is 1.93. The number of oxime groups is 1. The Morgan fingerprint density at radius 2 is 2.60 bits per heavy atom. The molecule has 0 fully saturated rings. The van der Waals surface area contributed by atoms with Crippen molar-refractivity contribution in [3.63, 3.8) is 0 Å². The van der Waals surface area contributed by atoms with Gasteiger partial charge in [-0.1, -0.05) is 11.7 Å². The number of hydrogen-bond acceptors (Lipinski definition) is 3. The zero-order chi connectivity index (χ0) is 7.40. The molecule has 0 aliphatic rings. The summed E-state index contributed by atoms with van der Waals surface area (Å²) >= 11 is 0. The average Bonchev–Trinajstić information content (AvgIpc) is 2.36. The molecule has 52 valence electrons. The molecule has 1 heterocycles. The van der Waals surface area contributed by atoms with Gasteiger partial charge < -0.3 is 5.21 Å². The summed E-state index contributed by atoms with van der Waals surface area (Å²) in [6, 6.07) is 1.71. The van der Waals surface area contributed by atoms with Crippen LogP contribution in [0.4, 0.5) is 0 Å². The Bertz CT molecular complexity index is 251. The van der Waals surface area contributed by atoms with Gasteiger partial charge in [0.1, 0.15) is 0 Å². The molecular formula is C6H7N3O. The van der Waals surface area contributed by atoms with E-state index in [9.17, 15) is 0 Å². The fraction of sp³-hybridized carbons (Fsp3) is 0. The second-order valence-corrected chi connectivity index (χ2v) is 1.63. The van der Waals surface area contributed by atoms with Gasteiger partial charge in [0, 0.05) is 6.20 Å². The van der Waals surface area contributed by atoms with Crippen molar-refractivity contribution in [2.24, 2.45) is 5.16 Å². The summed E-state index contributed by atoms with van der Waals surface area (Å²) < 4.78 is 1.50. The Kier molecular flexibility index (Phi) is 1.84. The summed E-state index contributed by atoms with van der Waals surface area (Å²) in [5.74, 6) is 0. The highest BCUT2D eigenvalue weighted by molar-refractivity contribution is 5.77. The number of hydrogen-bond donors (Lipinski definition) is 1. The van der Waals surface area contributed by atoms with Crippen molar-refractivity contribution in [2.75, 3.05) is 0 Å². The van der Waals surface area contributed by atoms with Crippen molar-refractivity contribution in [3.8, 4) is 0 Å². The minimum atomic E-state index is 0.692. The van der Waals surface area contributed by atoms with Crippen LogP contribution in [0.1, 0.15) is 5.69 Å². The lowest BCUT2D eigenvalue weighted by molar-refractivity contribution is 0.321. The molecule has 0 aliphatic carbocycles. The predicted octanol–water partition coefficient (Wildman–Crippen LogP) is 0.792. The molecular weight excluding hydrogens is 130 g/mol. The summed E-state index contributed by atoms with van der Waals surface area (Å²) in [4.78, 5) is 0. The first-order valence-electron chi connectivity index (χ1n) is 2.72. The van der Waals surface area contributed by atoms with Gasteiger partial charge in [-0.15, -0.1) is 0 Å². The molecule has 4 nitrogen and oxygen atoms in total. The van der Waals surface area contributed by atoms with Gasteiger partial charge in [0.05, 0.1) is 18.1 Å². The quantitative estimate of drug-likeness (QED) is 0.372.